The van der Waals surface area contributed by atoms with Crippen LogP contribution in [0.4, 0.5) is 0 Å². The summed E-state index contributed by atoms with van der Waals surface area (Å²) in [6.45, 7) is 0. The number of fused-ring (bicyclic) bond motifs is 6. The summed E-state index contributed by atoms with van der Waals surface area (Å²) in [4.78, 5) is 3.31. The van der Waals surface area contributed by atoms with Crippen LogP contribution in [-0.2, 0) is 0 Å². The molecule has 11 fully saturated rings. The monoisotopic (exact) mass is 780 g/mol. The van der Waals surface area contributed by atoms with E-state index < -0.39 is 0 Å². The number of hydrogen-bond donors (Lipinski definition) is 0. The fourth-order valence-corrected chi connectivity index (χ4v) is 20.5. The van der Waals surface area contributed by atoms with Gasteiger partial charge in [0.1, 0.15) is 0 Å². The first kappa shape index (κ1) is 39.8. The normalized spacial score (nSPS) is 49.2. The van der Waals surface area contributed by atoms with Crippen molar-refractivity contribution in [3.63, 3.8) is 0 Å². The van der Waals surface area contributed by atoms with E-state index in [0.29, 0.717) is 0 Å². The summed E-state index contributed by atoms with van der Waals surface area (Å²) in [7, 11) is 0. The smallest absolute Gasteiger partial charge is 0.0101 e. The standard InChI is InChI=1S/C56H93N/c1-4-13-38(14-5-1)40-23-28-48(29-24-40)57(47-19-8-3-9-20-47)49-30-25-41(26-31-49)42-27-32-51-46(33-42)37-54-50-21-11-10-17-44(50)35-55(56(51)54)52-22-12-18-43-34-45(36-53(43)52)39-15-6-2-7-16-39/h38-56H,1-37H2. The van der Waals surface area contributed by atoms with Gasteiger partial charge in [-0.25, -0.2) is 0 Å². The fourth-order valence-electron chi connectivity index (χ4n) is 20.5. The summed E-state index contributed by atoms with van der Waals surface area (Å²) >= 11 is 0. The summed E-state index contributed by atoms with van der Waals surface area (Å²) < 4.78 is 0. The molecule has 0 bridgehead atoms. The maximum Gasteiger partial charge on any atom is 0.0101 e. The molecule has 0 aromatic rings. The molecule has 322 valence electrons. The Morgan fingerprint density at radius 2 is 0.614 bits per heavy atom. The van der Waals surface area contributed by atoms with E-state index in [1.54, 1.807) is 180 Å². The van der Waals surface area contributed by atoms with Gasteiger partial charge >= 0.3 is 0 Å². The van der Waals surface area contributed by atoms with Crippen molar-refractivity contribution in [2.45, 2.75) is 256 Å². The molecule has 11 saturated carbocycles. The maximum absolute atomic E-state index is 3.31. The largest absolute Gasteiger partial charge is 0.294 e. The van der Waals surface area contributed by atoms with E-state index in [1.807, 2.05) is 0 Å². The summed E-state index contributed by atoms with van der Waals surface area (Å²) in [5.41, 5.74) is 0. The second kappa shape index (κ2) is 18.0. The van der Waals surface area contributed by atoms with E-state index in [4.69, 9.17) is 0 Å². The topological polar surface area (TPSA) is 3.24 Å². The SMILES string of the molecule is C1CCC(C2CCC(N(C3CCCCC3)C3CCC(C4CCC5C(C4)CC4C6CCCCC6CC(C6CCCC7CC(C8CCCCC8)CC76)C54)CC3)CC2)CC1. The van der Waals surface area contributed by atoms with E-state index in [2.05, 4.69) is 4.90 Å². The molecule has 1 heteroatoms. The molecule has 0 N–H and O–H groups in total. The van der Waals surface area contributed by atoms with Crippen LogP contribution in [0.2, 0.25) is 0 Å². The van der Waals surface area contributed by atoms with Gasteiger partial charge in [-0.1, -0.05) is 116 Å². The minimum Gasteiger partial charge on any atom is -0.294 e. The lowest BCUT2D eigenvalue weighted by molar-refractivity contribution is -0.0473. The molecule has 0 aliphatic heterocycles. The van der Waals surface area contributed by atoms with Crippen LogP contribution in [0.3, 0.4) is 0 Å². The van der Waals surface area contributed by atoms with Crippen LogP contribution >= 0.6 is 0 Å². The Morgan fingerprint density at radius 1 is 0.193 bits per heavy atom. The molecule has 0 heterocycles. The Balaban J connectivity index is 0.744. The fraction of sp³-hybridized carbons (Fsp3) is 1.00. The molecule has 0 radical (unpaired) electrons. The van der Waals surface area contributed by atoms with Crippen molar-refractivity contribution < 1.29 is 0 Å². The zero-order valence-corrected chi connectivity index (χ0v) is 37.6. The van der Waals surface area contributed by atoms with Crippen molar-refractivity contribution in [1.82, 2.24) is 4.90 Å². The van der Waals surface area contributed by atoms with E-state index in [9.17, 15) is 0 Å². The Hall–Kier alpha value is -0.0400. The first-order valence-corrected chi connectivity index (χ1v) is 28.0. The van der Waals surface area contributed by atoms with Gasteiger partial charge in [0, 0.05) is 18.1 Å². The quantitative estimate of drug-likeness (QED) is 0.249. The van der Waals surface area contributed by atoms with Crippen LogP contribution in [0.15, 0.2) is 0 Å². The zero-order valence-electron chi connectivity index (χ0n) is 37.6. The molecular weight excluding hydrogens is 687 g/mol. The lowest BCUT2D eigenvalue weighted by atomic mass is 9.51. The first-order valence-electron chi connectivity index (χ1n) is 28.0. The minimum atomic E-state index is 0.933. The van der Waals surface area contributed by atoms with Crippen LogP contribution in [0.1, 0.15) is 238 Å². The highest BCUT2D eigenvalue weighted by Crippen LogP contribution is 2.66. The van der Waals surface area contributed by atoms with E-state index in [-0.39, 0.29) is 0 Å². The predicted octanol–water partition coefficient (Wildman–Crippen LogP) is 15.8. The second-order valence-corrected chi connectivity index (χ2v) is 25.0. The maximum atomic E-state index is 3.31. The molecule has 1 nitrogen and oxygen atoms in total. The third-order valence-corrected chi connectivity index (χ3v) is 22.9. The highest BCUT2D eigenvalue weighted by molar-refractivity contribution is 5.08. The summed E-state index contributed by atoms with van der Waals surface area (Å²) in [6.07, 6.45) is 58.8. The Kier molecular flexibility index (Phi) is 12.5. The van der Waals surface area contributed by atoms with Crippen LogP contribution in [-0.4, -0.2) is 23.0 Å². The van der Waals surface area contributed by atoms with Gasteiger partial charge in [0.2, 0.25) is 0 Å². The molecule has 0 spiro atoms. The summed E-state index contributed by atoms with van der Waals surface area (Å²) in [6, 6.07) is 2.81. The van der Waals surface area contributed by atoms with Crippen molar-refractivity contribution in [3.05, 3.63) is 0 Å². The highest BCUT2D eigenvalue weighted by Gasteiger charge is 2.59. The number of hydrogen-bond acceptors (Lipinski definition) is 1. The van der Waals surface area contributed by atoms with Crippen molar-refractivity contribution in [2.75, 3.05) is 0 Å². The van der Waals surface area contributed by atoms with Gasteiger partial charge in [-0.05, 0) is 217 Å². The highest BCUT2D eigenvalue weighted by atomic mass is 15.2. The number of rotatable bonds is 7. The average Bonchev–Trinajstić information content (AvgIpc) is 3.90. The van der Waals surface area contributed by atoms with Gasteiger partial charge in [0.05, 0.1) is 0 Å². The van der Waals surface area contributed by atoms with Gasteiger partial charge in [0.25, 0.3) is 0 Å². The zero-order chi connectivity index (χ0) is 37.7. The third kappa shape index (κ3) is 8.09. The second-order valence-electron chi connectivity index (χ2n) is 25.0. The molecule has 57 heavy (non-hydrogen) atoms. The van der Waals surface area contributed by atoms with E-state index in [1.165, 1.54) is 57.8 Å². The first-order chi connectivity index (χ1) is 28.2. The Morgan fingerprint density at radius 3 is 1.32 bits per heavy atom. The molecule has 0 aromatic carbocycles. The van der Waals surface area contributed by atoms with Gasteiger partial charge in [-0.3, -0.25) is 4.90 Å². The van der Waals surface area contributed by atoms with Gasteiger partial charge in [0.15, 0.2) is 0 Å². The van der Waals surface area contributed by atoms with Crippen molar-refractivity contribution >= 4 is 0 Å². The van der Waals surface area contributed by atoms with Crippen LogP contribution < -0.4 is 0 Å². The molecule has 12 atom stereocenters. The molecule has 11 aliphatic rings. The predicted molar refractivity (Wildman–Crippen MR) is 240 cm³/mol. The van der Waals surface area contributed by atoms with Gasteiger partial charge in [-0.2, -0.15) is 0 Å². The van der Waals surface area contributed by atoms with Crippen molar-refractivity contribution in [3.8, 4) is 0 Å². The van der Waals surface area contributed by atoms with Gasteiger partial charge < -0.3 is 0 Å². The molecular formula is C56H93N. The van der Waals surface area contributed by atoms with Crippen molar-refractivity contribution in [2.24, 2.45) is 94.7 Å². The van der Waals surface area contributed by atoms with Crippen LogP contribution in [0.25, 0.3) is 0 Å². The van der Waals surface area contributed by atoms with Crippen LogP contribution in [0, 0.1) is 94.7 Å². The third-order valence-electron chi connectivity index (χ3n) is 22.9. The molecule has 11 rings (SSSR count). The lowest BCUT2D eigenvalue weighted by Crippen LogP contribution is -2.52. The summed E-state index contributed by atoms with van der Waals surface area (Å²) in [5, 5.41) is 0. The molecule has 11 aliphatic carbocycles. The van der Waals surface area contributed by atoms with E-state index in [0.717, 1.165) is 113 Å². The lowest BCUT2D eigenvalue weighted by Gasteiger charge is -2.54. The minimum absolute atomic E-state index is 0.933. The molecule has 12 unspecified atom stereocenters. The summed E-state index contributed by atoms with van der Waals surface area (Å²) in [5.74, 6) is 18.0. The van der Waals surface area contributed by atoms with Crippen molar-refractivity contribution in [1.29, 1.82) is 0 Å². The van der Waals surface area contributed by atoms with E-state index >= 15 is 0 Å². The number of nitrogens with zero attached hydrogens (tertiary/aromatic N) is 1. The molecule has 0 amide bonds. The Labute approximate surface area is 354 Å². The average molecular weight is 780 g/mol. The Bertz CT molecular complexity index is 1250. The van der Waals surface area contributed by atoms with Gasteiger partial charge in [-0.15, -0.1) is 0 Å². The van der Waals surface area contributed by atoms with Crippen LogP contribution in [0.5, 0.6) is 0 Å². The molecule has 0 saturated heterocycles. The molecule has 0 aromatic heterocycles.